The van der Waals surface area contributed by atoms with E-state index in [2.05, 4.69) is 149 Å². The first-order valence-corrected chi connectivity index (χ1v) is 43.1. The molecule has 0 rings (SSSR count). The molecule has 0 radical (unpaired) electrons. The summed E-state index contributed by atoms with van der Waals surface area (Å²) in [6, 6.07) is 0. The molecule has 0 aromatic carbocycles. The van der Waals surface area contributed by atoms with Crippen molar-refractivity contribution in [3.8, 4) is 0 Å². The number of hydrogen-bond acceptors (Lipinski definition) is 15. The molecule has 19 heteroatoms. The molecule has 0 saturated heterocycles. The third-order valence-corrected chi connectivity index (χ3v) is 18.2. The third-order valence-electron chi connectivity index (χ3n) is 16.3. The minimum Gasteiger partial charge on any atom is -0.462 e. The zero-order chi connectivity index (χ0) is 76.0. The second-order valence-electron chi connectivity index (χ2n) is 26.3. The number of aliphatic hydroxyl groups is 1. The Labute approximate surface area is 630 Å². The van der Waals surface area contributed by atoms with Crippen molar-refractivity contribution in [3.05, 3.63) is 146 Å². The van der Waals surface area contributed by atoms with Crippen LogP contribution in [0.4, 0.5) is 0 Å². The molecule has 0 aliphatic carbocycles. The molecule has 0 heterocycles. The van der Waals surface area contributed by atoms with Gasteiger partial charge in [-0.05, 0) is 148 Å². The molecule has 5 atom stereocenters. The lowest BCUT2D eigenvalue weighted by atomic mass is 10.1. The van der Waals surface area contributed by atoms with E-state index in [0.717, 1.165) is 173 Å². The molecule has 3 N–H and O–H groups in total. The molecule has 0 bridgehead atoms. The van der Waals surface area contributed by atoms with E-state index in [4.69, 9.17) is 37.0 Å². The van der Waals surface area contributed by atoms with E-state index in [1.807, 2.05) is 12.2 Å². The van der Waals surface area contributed by atoms with Gasteiger partial charge in [-0.1, -0.05) is 283 Å². The van der Waals surface area contributed by atoms with E-state index in [1.165, 1.54) is 57.8 Å². The second kappa shape index (κ2) is 76.1. The Morgan fingerprint density at radius 1 is 0.288 bits per heavy atom. The highest BCUT2D eigenvalue weighted by atomic mass is 31.2. The van der Waals surface area contributed by atoms with Crippen LogP contribution >= 0.6 is 15.6 Å². The first kappa shape index (κ1) is 98.9. The molecule has 0 spiro atoms. The molecule has 0 aromatic heterocycles. The summed E-state index contributed by atoms with van der Waals surface area (Å²) in [5.74, 6) is -2.37. The van der Waals surface area contributed by atoms with Gasteiger partial charge in [-0.15, -0.1) is 0 Å². The SMILES string of the molecule is CC/C=C\C/C=C\C/C=C\C/C=C\C/C=C\CC(=O)OC(COC(=O)CCCCCCCC/C=C\C/C=C\C/C=C\C/C=C\CC)COP(=O)(O)OCC(O)COP(=O)(O)OCC(COC(=O)CCCCCCC/C=C\C/C=C\CCCCC)OC(=O)CCCCCCC/C=C\CCCCCCCC. The topological polar surface area (TPSA) is 237 Å². The predicted octanol–water partition coefficient (Wildman–Crippen LogP) is 23.4. The molecule has 594 valence electrons. The highest BCUT2D eigenvalue weighted by molar-refractivity contribution is 7.47. The van der Waals surface area contributed by atoms with Gasteiger partial charge >= 0.3 is 39.5 Å². The van der Waals surface area contributed by atoms with E-state index in [9.17, 15) is 43.2 Å². The van der Waals surface area contributed by atoms with Crippen LogP contribution in [0, 0.1) is 0 Å². The van der Waals surface area contributed by atoms with Gasteiger partial charge in [0.2, 0.25) is 0 Å². The molecule has 0 fully saturated rings. The summed E-state index contributed by atoms with van der Waals surface area (Å²) in [6.07, 6.45) is 87.1. The van der Waals surface area contributed by atoms with Crippen LogP contribution in [0.15, 0.2) is 146 Å². The van der Waals surface area contributed by atoms with E-state index >= 15 is 0 Å². The zero-order valence-electron chi connectivity index (χ0n) is 64.9. The molecule has 104 heavy (non-hydrogen) atoms. The molecule has 17 nitrogen and oxygen atoms in total. The van der Waals surface area contributed by atoms with Crippen LogP contribution in [0.25, 0.3) is 0 Å². The van der Waals surface area contributed by atoms with Crippen molar-refractivity contribution in [2.45, 2.75) is 329 Å². The summed E-state index contributed by atoms with van der Waals surface area (Å²) in [7, 11) is -10.0. The highest BCUT2D eigenvalue weighted by Crippen LogP contribution is 2.45. The normalized spacial score (nSPS) is 14.6. The van der Waals surface area contributed by atoms with Crippen LogP contribution in [0.2, 0.25) is 0 Å². The van der Waals surface area contributed by atoms with E-state index in [-0.39, 0.29) is 25.7 Å². The first-order valence-electron chi connectivity index (χ1n) is 40.1. The maximum Gasteiger partial charge on any atom is 0.472 e. The summed E-state index contributed by atoms with van der Waals surface area (Å²) < 4.78 is 68.5. The monoisotopic (exact) mass is 1500 g/mol. The summed E-state index contributed by atoms with van der Waals surface area (Å²) >= 11 is 0. The van der Waals surface area contributed by atoms with Crippen molar-refractivity contribution >= 4 is 39.5 Å². The summed E-state index contributed by atoms with van der Waals surface area (Å²) in [4.78, 5) is 73.0. The average molecular weight is 1500 g/mol. The quantitative estimate of drug-likeness (QED) is 0.0169. The molecule has 5 unspecified atom stereocenters. The maximum absolute atomic E-state index is 13.1. The lowest BCUT2D eigenvalue weighted by Crippen LogP contribution is -2.30. The fraction of sp³-hybridized carbons (Fsp3) is 0.671. The van der Waals surface area contributed by atoms with Crippen molar-refractivity contribution in [1.82, 2.24) is 0 Å². The Hall–Kier alpha value is -5.06. The lowest BCUT2D eigenvalue weighted by Gasteiger charge is -2.21. The van der Waals surface area contributed by atoms with E-state index in [1.54, 1.807) is 12.2 Å². The number of phosphoric ester groups is 2. The number of aliphatic hydroxyl groups excluding tert-OH is 1. The Morgan fingerprint density at radius 2 is 0.538 bits per heavy atom. The largest absolute Gasteiger partial charge is 0.472 e. The molecular formula is C85H142O17P2. The van der Waals surface area contributed by atoms with Gasteiger partial charge in [-0.3, -0.25) is 37.3 Å². The summed E-state index contributed by atoms with van der Waals surface area (Å²) in [5, 5.41) is 10.6. The fourth-order valence-corrected chi connectivity index (χ4v) is 11.8. The summed E-state index contributed by atoms with van der Waals surface area (Å²) in [6.45, 7) is 4.47. The molecule has 0 aromatic rings. The van der Waals surface area contributed by atoms with Gasteiger partial charge in [0.05, 0.1) is 32.8 Å². The molecular weight excluding hydrogens is 1350 g/mol. The smallest absolute Gasteiger partial charge is 0.462 e. The second-order valence-corrected chi connectivity index (χ2v) is 29.2. The van der Waals surface area contributed by atoms with E-state index < -0.39 is 97.5 Å². The standard InChI is InChI=1S/C85H142O17P2/c1-5-9-13-17-21-25-29-33-37-38-39-40-44-46-50-54-58-62-66-70-83(88)96-76-81(102-85(90)72-68-64-60-56-52-48-43-36-32-28-24-20-16-12-8-4)78-100-104(93,94)98-74-79(86)73-97-103(91,92)99-77-80(101-84(89)71-67-63-59-55-51-47-42-35-31-27-23-19-15-11-7-3)75-95-82(87)69-65-61-57-53-49-45-41-34-30-26-22-18-14-10-6-2/h9,12-13,16,21-22,24-26,28,33-37,39-43,52,56,64,68,79-81,86H,5-8,10-11,14-15,17-20,23,27,29-32,38,44-51,53-55,57-63,65-67,69-78H2,1-4H3,(H,91,92)(H,93,94)/b13-9-,16-12-,25-21-,26-22-,28-24-,37-33-,40-39-,41-34-,42-35-,43-36-,56-52-,68-64-. The Balaban J connectivity index is 5.45. The van der Waals surface area contributed by atoms with Gasteiger partial charge in [0.1, 0.15) is 19.3 Å². The van der Waals surface area contributed by atoms with Crippen LogP contribution in [0.5, 0.6) is 0 Å². The average Bonchev–Trinajstić information content (AvgIpc) is 0.999. The minimum atomic E-state index is -5.01. The van der Waals surface area contributed by atoms with Gasteiger partial charge in [0, 0.05) is 19.3 Å². The van der Waals surface area contributed by atoms with Crippen molar-refractivity contribution in [1.29, 1.82) is 0 Å². The van der Waals surface area contributed by atoms with Crippen molar-refractivity contribution < 1.29 is 80.2 Å². The number of unbranched alkanes of at least 4 members (excludes halogenated alkanes) is 25. The van der Waals surface area contributed by atoms with Gasteiger partial charge < -0.3 is 33.8 Å². The van der Waals surface area contributed by atoms with Crippen LogP contribution in [-0.2, 0) is 65.4 Å². The Morgan fingerprint density at radius 3 is 0.885 bits per heavy atom. The Bertz CT molecular complexity index is 2540. The molecule has 0 amide bonds. The molecule has 0 aliphatic heterocycles. The number of esters is 4. The van der Waals surface area contributed by atoms with Crippen molar-refractivity contribution in [3.63, 3.8) is 0 Å². The predicted molar refractivity (Wildman–Crippen MR) is 427 cm³/mol. The summed E-state index contributed by atoms with van der Waals surface area (Å²) in [5.41, 5.74) is 0. The first-order chi connectivity index (χ1) is 50.7. The number of carbonyl (C=O) groups excluding carboxylic acids is 4. The highest BCUT2D eigenvalue weighted by Gasteiger charge is 2.30. The lowest BCUT2D eigenvalue weighted by molar-refractivity contribution is -0.161. The third kappa shape index (κ3) is 75.2. The Kier molecular flexibility index (Phi) is 72.4. The van der Waals surface area contributed by atoms with Gasteiger partial charge in [0.15, 0.2) is 12.2 Å². The van der Waals surface area contributed by atoms with Crippen LogP contribution in [-0.4, -0.2) is 96.7 Å². The van der Waals surface area contributed by atoms with Crippen LogP contribution in [0.3, 0.4) is 0 Å². The molecule has 0 saturated carbocycles. The van der Waals surface area contributed by atoms with Crippen LogP contribution in [0.1, 0.15) is 310 Å². The minimum absolute atomic E-state index is 0.0768. The maximum atomic E-state index is 13.1. The number of ether oxygens (including phenoxy) is 4. The number of phosphoric acid groups is 2. The zero-order valence-corrected chi connectivity index (χ0v) is 66.7. The number of rotatable bonds is 74. The number of hydrogen-bond donors (Lipinski definition) is 3. The van der Waals surface area contributed by atoms with Gasteiger partial charge in [0.25, 0.3) is 0 Å². The van der Waals surface area contributed by atoms with E-state index in [0.29, 0.717) is 25.7 Å². The van der Waals surface area contributed by atoms with Gasteiger partial charge in [-0.25, -0.2) is 9.13 Å². The fourth-order valence-electron chi connectivity index (χ4n) is 10.3. The van der Waals surface area contributed by atoms with Crippen molar-refractivity contribution in [2.24, 2.45) is 0 Å². The molecule has 0 aliphatic rings. The van der Waals surface area contributed by atoms with Gasteiger partial charge in [-0.2, -0.15) is 0 Å². The number of carbonyl (C=O) groups is 4. The van der Waals surface area contributed by atoms with Crippen molar-refractivity contribution in [2.75, 3.05) is 39.6 Å². The van der Waals surface area contributed by atoms with Crippen LogP contribution < -0.4 is 0 Å². The number of allylic oxidation sites excluding steroid dienone is 23.